The van der Waals surface area contributed by atoms with Gasteiger partial charge in [0.05, 0.1) is 11.0 Å². The zero-order chi connectivity index (χ0) is 20.4. The van der Waals surface area contributed by atoms with E-state index in [1.54, 1.807) is 53.4 Å². The Hall–Kier alpha value is -2.94. The van der Waals surface area contributed by atoms with Crippen molar-refractivity contribution in [2.24, 2.45) is 0 Å². The summed E-state index contributed by atoms with van der Waals surface area (Å²) in [6, 6.07) is 13.3. The van der Waals surface area contributed by atoms with Crippen molar-refractivity contribution in [3.05, 3.63) is 48.5 Å². The highest BCUT2D eigenvalue weighted by Gasteiger charge is 2.21. The van der Waals surface area contributed by atoms with Crippen molar-refractivity contribution in [1.29, 1.82) is 0 Å². The molecule has 4 rings (SSSR count). The van der Waals surface area contributed by atoms with Crippen LogP contribution in [0.1, 0.15) is 13.0 Å². The molecule has 150 valence electrons. The van der Waals surface area contributed by atoms with Crippen LogP contribution < -0.4 is 5.32 Å². The number of carbonyl (C=O) groups excluding carboxylic acids is 2. The van der Waals surface area contributed by atoms with E-state index in [1.165, 1.54) is 11.8 Å². The van der Waals surface area contributed by atoms with Gasteiger partial charge in [-0.3, -0.25) is 14.2 Å². The molecular formula is C20H18F2N4O2S. The second-order valence-electron chi connectivity index (χ2n) is 6.55. The molecule has 0 atom stereocenters. The Balaban J connectivity index is 1.47. The van der Waals surface area contributed by atoms with Crippen LogP contribution in [0.4, 0.5) is 19.3 Å². The minimum absolute atomic E-state index is 0.00377. The van der Waals surface area contributed by atoms with Gasteiger partial charge < -0.3 is 10.2 Å². The van der Waals surface area contributed by atoms with Gasteiger partial charge in [0.15, 0.2) is 0 Å². The Morgan fingerprint density at radius 1 is 1.17 bits per heavy atom. The maximum Gasteiger partial charge on any atom is 0.320 e. The zero-order valence-corrected chi connectivity index (χ0v) is 16.2. The number of alkyl halides is 2. The summed E-state index contributed by atoms with van der Waals surface area (Å²) in [5, 5.41) is 2.77. The molecule has 0 bridgehead atoms. The van der Waals surface area contributed by atoms with E-state index in [0.717, 1.165) is 10.3 Å². The molecular weight excluding hydrogens is 398 g/mol. The number of hydrogen-bond donors (Lipinski definition) is 1. The van der Waals surface area contributed by atoms with Gasteiger partial charge in [-0.05, 0) is 36.4 Å². The first-order valence-electron chi connectivity index (χ1n) is 9.10. The number of thioether (sulfide) groups is 1. The van der Waals surface area contributed by atoms with E-state index in [1.807, 2.05) is 0 Å². The highest BCUT2D eigenvalue weighted by Crippen LogP contribution is 2.30. The maximum atomic E-state index is 13.6. The number of fused-ring (bicyclic) bond motifs is 1. The molecule has 0 unspecified atom stereocenters. The summed E-state index contributed by atoms with van der Waals surface area (Å²) in [5.74, 6) is 0.720. The van der Waals surface area contributed by atoms with Crippen LogP contribution in [0.2, 0.25) is 0 Å². The molecule has 29 heavy (non-hydrogen) atoms. The molecule has 2 aromatic carbocycles. The molecule has 2 amide bonds. The Labute approximate surface area is 169 Å². The average Bonchev–Trinajstić information content (AvgIpc) is 3.30. The minimum atomic E-state index is -2.72. The topological polar surface area (TPSA) is 67.2 Å². The third kappa shape index (κ3) is 4.09. The summed E-state index contributed by atoms with van der Waals surface area (Å²) in [6.07, 6.45) is 0.204. The van der Waals surface area contributed by atoms with E-state index in [2.05, 4.69) is 10.3 Å². The van der Waals surface area contributed by atoms with Gasteiger partial charge >= 0.3 is 6.55 Å². The molecule has 0 aliphatic carbocycles. The van der Waals surface area contributed by atoms with Gasteiger partial charge in [-0.15, -0.1) is 0 Å². The van der Waals surface area contributed by atoms with E-state index in [-0.39, 0.29) is 23.4 Å². The molecule has 1 N–H and O–H groups in total. The van der Waals surface area contributed by atoms with Crippen molar-refractivity contribution in [2.45, 2.75) is 13.0 Å². The highest BCUT2D eigenvalue weighted by atomic mass is 32.2. The lowest BCUT2D eigenvalue weighted by molar-refractivity contribution is -0.116. The van der Waals surface area contributed by atoms with Crippen molar-refractivity contribution in [1.82, 2.24) is 14.5 Å². The van der Waals surface area contributed by atoms with Gasteiger partial charge in [-0.2, -0.15) is 8.78 Å². The molecule has 9 heteroatoms. The summed E-state index contributed by atoms with van der Waals surface area (Å²) in [6.45, 7) is -1.67. The molecule has 0 saturated carbocycles. The quantitative estimate of drug-likeness (QED) is 0.638. The van der Waals surface area contributed by atoms with Gasteiger partial charge in [0.2, 0.25) is 5.91 Å². The molecule has 6 nitrogen and oxygen atoms in total. The standard InChI is InChI=1S/C20H18F2N4O2S/c21-19(22)26-16-4-2-1-3-15(16)24-18(26)13-5-7-14(8-6-13)23-17(27)9-10-25-11-12-29-20(25)28/h1-8,19H,9-12H2,(H,23,27). The molecule has 0 radical (unpaired) electrons. The van der Waals surface area contributed by atoms with Gasteiger partial charge in [-0.1, -0.05) is 23.9 Å². The lowest BCUT2D eigenvalue weighted by Gasteiger charge is -2.14. The van der Waals surface area contributed by atoms with Crippen LogP contribution in [0.25, 0.3) is 22.4 Å². The van der Waals surface area contributed by atoms with Gasteiger partial charge in [0.1, 0.15) is 5.82 Å². The number of anilines is 1. The fraction of sp³-hybridized carbons (Fsp3) is 0.250. The monoisotopic (exact) mass is 416 g/mol. The number of imidazole rings is 1. The van der Waals surface area contributed by atoms with Crippen LogP contribution in [0.15, 0.2) is 48.5 Å². The molecule has 2 heterocycles. The van der Waals surface area contributed by atoms with Crippen molar-refractivity contribution in [3.63, 3.8) is 0 Å². The number of halogens is 2. The number of rotatable bonds is 6. The number of nitrogens with one attached hydrogen (secondary N) is 1. The first kappa shape index (κ1) is 19.4. The first-order valence-corrected chi connectivity index (χ1v) is 10.1. The van der Waals surface area contributed by atoms with E-state index in [9.17, 15) is 18.4 Å². The lowest BCUT2D eigenvalue weighted by Crippen LogP contribution is -2.27. The Bertz CT molecular complexity index is 1050. The van der Waals surface area contributed by atoms with Gasteiger partial charge in [0.25, 0.3) is 5.24 Å². The van der Waals surface area contributed by atoms with E-state index in [4.69, 9.17) is 0 Å². The van der Waals surface area contributed by atoms with E-state index in [0.29, 0.717) is 35.4 Å². The SMILES string of the molecule is O=C(CCN1CCSC1=O)Nc1ccc(-c2nc3ccccc3n2C(F)F)cc1. The van der Waals surface area contributed by atoms with Crippen molar-refractivity contribution >= 4 is 39.6 Å². The fourth-order valence-corrected chi connectivity index (χ4v) is 4.09. The maximum absolute atomic E-state index is 13.6. The number of nitrogens with zero attached hydrogens (tertiary/aromatic N) is 3. The number of benzene rings is 2. The Kier molecular flexibility index (Phi) is 5.48. The number of para-hydroxylation sites is 2. The number of aromatic nitrogens is 2. The summed E-state index contributed by atoms with van der Waals surface area (Å²) < 4.78 is 28.1. The minimum Gasteiger partial charge on any atom is -0.332 e. The lowest BCUT2D eigenvalue weighted by atomic mass is 10.2. The largest absolute Gasteiger partial charge is 0.332 e. The van der Waals surface area contributed by atoms with Gasteiger partial charge in [0, 0.05) is 36.5 Å². The Morgan fingerprint density at radius 3 is 2.62 bits per heavy atom. The fourth-order valence-electron chi connectivity index (χ4n) is 3.24. The van der Waals surface area contributed by atoms with Crippen LogP contribution >= 0.6 is 11.8 Å². The van der Waals surface area contributed by atoms with Crippen LogP contribution in [0, 0.1) is 0 Å². The molecule has 1 aliphatic rings. The van der Waals surface area contributed by atoms with E-state index < -0.39 is 6.55 Å². The summed E-state index contributed by atoms with van der Waals surface area (Å²) in [5.41, 5.74) is 1.94. The summed E-state index contributed by atoms with van der Waals surface area (Å²) in [4.78, 5) is 29.7. The number of carbonyl (C=O) groups is 2. The smallest absolute Gasteiger partial charge is 0.320 e. The normalized spacial score (nSPS) is 14.2. The average molecular weight is 416 g/mol. The summed E-state index contributed by atoms with van der Waals surface area (Å²) >= 11 is 1.26. The zero-order valence-electron chi connectivity index (χ0n) is 15.3. The predicted molar refractivity (Wildman–Crippen MR) is 109 cm³/mol. The third-order valence-electron chi connectivity index (χ3n) is 4.67. The molecule has 1 fully saturated rings. The van der Waals surface area contributed by atoms with Crippen LogP contribution in [-0.2, 0) is 4.79 Å². The van der Waals surface area contributed by atoms with Crippen molar-refractivity contribution in [3.8, 4) is 11.4 Å². The van der Waals surface area contributed by atoms with Gasteiger partial charge in [-0.25, -0.2) is 4.98 Å². The Morgan fingerprint density at radius 2 is 1.93 bits per heavy atom. The molecule has 1 aliphatic heterocycles. The molecule has 3 aromatic rings. The number of hydrogen-bond acceptors (Lipinski definition) is 4. The van der Waals surface area contributed by atoms with Crippen molar-refractivity contribution < 1.29 is 18.4 Å². The second-order valence-corrected chi connectivity index (χ2v) is 7.59. The third-order valence-corrected chi connectivity index (χ3v) is 5.56. The first-order chi connectivity index (χ1) is 14.0. The van der Waals surface area contributed by atoms with Crippen LogP contribution in [0.3, 0.4) is 0 Å². The highest BCUT2D eigenvalue weighted by molar-refractivity contribution is 8.13. The molecule has 1 saturated heterocycles. The number of amides is 2. The summed E-state index contributed by atoms with van der Waals surface area (Å²) in [7, 11) is 0. The van der Waals surface area contributed by atoms with Crippen LogP contribution in [0.5, 0.6) is 0 Å². The predicted octanol–water partition coefficient (Wildman–Crippen LogP) is 4.60. The van der Waals surface area contributed by atoms with E-state index >= 15 is 0 Å². The molecule has 1 aromatic heterocycles. The van der Waals surface area contributed by atoms with Crippen molar-refractivity contribution in [2.75, 3.05) is 24.2 Å². The van der Waals surface area contributed by atoms with Crippen LogP contribution in [-0.4, -0.2) is 44.4 Å². The molecule has 0 spiro atoms. The second kappa shape index (κ2) is 8.20.